The molecule has 1 N–H and O–H groups in total. The van der Waals surface area contributed by atoms with Crippen LogP contribution in [-0.4, -0.2) is 45.6 Å². The number of carbonyl (C=O) groups excluding carboxylic acids is 1. The Morgan fingerprint density at radius 2 is 2.16 bits per heavy atom. The molecule has 1 atom stereocenters. The Hall–Kier alpha value is -2.12. The highest BCUT2D eigenvalue weighted by atomic mass is 16.6. The molecule has 8 heteroatoms. The van der Waals surface area contributed by atoms with E-state index in [1.807, 2.05) is 0 Å². The van der Waals surface area contributed by atoms with Crippen molar-refractivity contribution in [2.24, 2.45) is 7.05 Å². The molecule has 0 fully saturated rings. The first-order valence-electron chi connectivity index (χ1n) is 5.97. The molecule has 1 heterocycles. The Morgan fingerprint density at radius 3 is 2.58 bits per heavy atom. The number of hydrogen-bond donors (Lipinski definition) is 1. The van der Waals surface area contributed by atoms with Gasteiger partial charge in [-0.1, -0.05) is 6.92 Å². The number of nitrogens with one attached hydrogen (secondary N) is 1. The number of nitrogens with zero attached hydrogens (tertiary/aromatic N) is 4. The van der Waals surface area contributed by atoms with Gasteiger partial charge in [-0.25, -0.2) is 4.68 Å². The van der Waals surface area contributed by atoms with Crippen LogP contribution in [0.5, 0.6) is 0 Å². The van der Waals surface area contributed by atoms with E-state index in [0.29, 0.717) is 12.1 Å². The average Bonchev–Trinajstić information content (AvgIpc) is 2.64. The lowest BCUT2D eigenvalue weighted by molar-refractivity contribution is -0.384. The third kappa shape index (κ3) is 3.01. The van der Waals surface area contributed by atoms with E-state index in [0.717, 1.165) is 0 Å². The summed E-state index contributed by atoms with van der Waals surface area (Å²) >= 11 is 0. The normalized spacial score (nSPS) is 12.1. The second-order valence-corrected chi connectivity index (χ2v) is 4.48. The predicted molar refractivity (Wildman–Crippen MR) is 71.0 cm³/mol. The molecule has 1 aromatic rings. The Kier molecular flexibility index (Phi) is 4.47. The summed E-state index contributed by atoms with van der Waals surface area (Å²) in [5.74, 6) is 0.0955. The Balaban J connectivity index is 3.10. The van der Waals surface area contributed by atoms with Crippen LogP contribution in [0.15, 0.2) is 0 Å². The zero-order valence-corrected chi connectivity index (χ0v) is 11.8. The maximum Gasteiger partial charge on any atom is 0.334 e. The van der Waals surface area contributed by atoms with E-state index in [4.69, 9.17) is 0 Å². The van der Waals surface area contributed by atoms with Crippen molar-refractivity contribution in [3.63, 3.8) is 0 Å². The minimum absolute atomic E-state index is 0.0663. The molecule has 1 aromatic heterocycles. The van der Waals surface area contributed by atoms with Crippen molar-refractivity contribution >= 4 is 17.4 Å². The van der Waals surface area contributed by atoms with Crippen LogP contribution in [0.4, 0.5) is 11.5 Å². The number of likely N-dealkylation sites (N-methyl/N-ethyl adjacent to an activating group) is 1. The number of rotatable bonds is 5. The molecular formula is C11H19N5O3. The van der Waals surface area contributed by atoms with Gasteiger partial charge < -0.3 is 10.2 Å². The number of aromatic nitrogens is 2. The molecule has 0 aromatic carbocycles. The Labute approximate surface area is 111 Å². The van der Waals surface area contributed by atoms with Crippen molar-refractivity contribution in [3.05, 3.63) is 15.8 Å². The van der Waals surface area contributed by atoms with E-state index in [1.54, 1.807) is 35.0 Å². The van der Waals surface area contributed by atoms with Gasteiger partial charge >= 0.3 is 5.69 Å². The second-order valence-electron chi connectivity index (χ2n) is 4.48. The number of nitro groups is 1. The van der Waals surface area contributed by atoms with Crippen LogP contribution < -0.4 is 5.32 Å². The summed E-state index contributed by atoms with van der Waals surface area (Å²) in [7, 11) is 4.88. The van der Waals surface area contributed by atoms with Gasteiger partial charge in [0.1, 0.15) is 11.7 Å². The van der Waals surface area contributed by atoms with E-state index in [9.17, 15) is 14.9 Å². The SMILES string of the molecule is CCc1nn(C)c(NC(C)C(=O)N(C)C)c1[N+](=O)[O-]. The molecule has 0 radical (unpaired) electrons. The molecule has 1 amide bonds. The van der Waals surface area contributed by atoms with Gasteiger partial charge in [0.05, 0.1) is 4.92 Å². The van der Waals surface area contributed by atoms with E-state index < -0.39 is 11.0 Å². The van der Waals surface area contributed by atoms with E-state index in [-0.39, 0.29) is 17.4 Å². The molecule has 0 spiro atoms. The highest BCUT2D eigenvalue weighted by Crippen LogP contribution is 2.28. The highest BCUT2D eigenvalue weighted by Gasteiger charge is 2.28. The van der Waals surface area contributed by atoms with Crippen molar-refractivity contribution < 1.29 is 9.72 Å². The minimum atomic E-state index is -0.561. The van der Waals surface area contributed by atoms with Gasteiger partial charge in [-0.05, 0) is 13.3 Å². The maximum atomic E-state index is 11.8. The molecule has 106 valence electrons. The summed E-state index contributed by atoms with van der Waals surface area (Å²) in [5.41, 5.74) is 0.336. The molecule has 0 aliphatic carbocycles. The van der Waals surface area contributed by atoms with Crippen molar-refractivity contribution in [2.45, 2.75) is 26.3 Å². The smallest absolute Gasteiger partial charge is 0.334 e. The molecule has 8 nitrogen and oxygen atoms in total. The number of hydrogen-bond acceptors (Lipinski definition) is 5. The third-order valence-electron chi connectivity index (χ3n) is 2.77. The monoisotopic (exact) mass is 269 g/mol. The lowest BCUT2D eigenvalue weighted by atomic mass is 10.2. The van der Waals surface area contributed by atoms with Crippen LogP contribution in [0.3, 0.4) is 0 Å². The first kappa shape index (κ1) is 14.9. The first-order valence-corrected chi connectivity index (χ1v) is 5.97. The molecule has 1 rings (SSSR count). The van der Waals surface area contributed by atoms with Crippen LogP contribution in [0.1, 0.15) is 19.5 Å². The van der Waals surface area contributed by atoms with Crippen molar-refractivity contribution in [3.8, 4) is 0 Å². The molecule has 0 saturated heterocycles. The van der Waals surface area contributed by atoms with Crippen LogP contribution in [0.25, 0.3) is 0 Å². The van der Waals surface area contributed by atoms with Crippen molar-refractivity contribution in [2.75, 3.05) is 19.4 Å². The molecule has 0 aliphatic rings. The number of amides is 1. The predicted octanol–water partition coefficient (Wildman–Crippen LogP) is 0.779. The molecule has 0 bridgehead atoms. The topological polar surface area (TPSA) is 93.3 Å². The van der Waals surface area contributed by atoms with Gasteiger partial charge in [0, 0.05) is 21.1 Å². The fraction of sp³-hybridized carbons (Fsp3) is 0.636. The number of carbonyl (C=O) groups is 1. The zero-order chi connectivity index (χ0) is 14.7. The summed E-state index contributed by atoms with van der Waals surface area (Å²) in [6.45, 7) is 3.46. The largest absolute Gasteiger partial charge is 0.353 e. The lowest BCUT2D eigenvalue weighted by Gasteiger charge is -2.18. The van der Waals surface area contributed by atoms with Gasteiger partial charge in [-0.15, -0.1) is 0 Å². The highest BCUT2D eigenvalue weighted by molar-refractivity contribution is 5.84. The van der Waals surface area contributed by atoms with Crippen LogP contribution >= 0.6 is 0 Å². The molecule has 1 unspecified atom stereocenters. The van der Waals surface area contributed by atoms with Gasteiger partial charge in [-0.3, -0.25) is 14.9 Å². The fourth-order valence-corrected chi connectivity index (χ4v) is 1.81. The summed E-state index contributed by atoms with van der Waals surface area (Å²) in [5, 5.41) is 18.1. The van der Waals surface area contributed by atoms with E-state index >= 15 is 0 Å². The summed E-state index contributed by atoms with van der Waals surface area (Å²) in [6, 6.07) is -0.561. The number of aryl methyl sites for hydroxylation is 2. The van der Waals surface area contributed by atoms with Gasteiger partial charge in [0.25, 0.3) is 0 Å². The molecular weight excluding hydrogens is 250 g/mol. The van der Waals surface area contributed by atoms with Gasteiger partial charge in [0.2, 0.25) is 11.7 Å². The van der Waals surface area contributed by atoms with Crippen LogP contribution in [0.2, 0.25) is 0 Å². The zero-order valence-electron chi connectivity index (χ0n) is 11.8. The molecule has 0 saturated carbocycles. The molecule has 0 aliphatic heterocycles. The second kappa shape index (κ2) is 5.68. The Bertz CT molecular complexity index is 495. The lowest BCUT2D eigenvalue weighted by Crippen LogP contribution is -2.37. The maximum absolute atomic E-state index is 11.8. The summed E-state index contributed by atoms with van der Waals surface area (Å²) in [4.78, 5) is 23.9. The first-order chi connectivity index (χ1) is 8.79. The Morgan fingerprint density at radius 1 is 1.58 bits per heavy atom. The minimum Gasteiger partial charge on any atom is -0.353 e. The van der Waals surface area contributed by atoms with Crippen molar-refractivity contribution in [1.82, 2.24) is 14.7 Å². The number of anilines is 1. The summed E-state index contributed by atoms with van der Waals surface area (Å²) in [6.07, 6.45) is 0.460. The van der Waals surface area contributed by atoms with Crippen LogP contribution in [-0.2, 0) is 18.3 Å². The van der Waals surface area contributed by atoms with Crippen molar-refractivity contribution in [1.29, 1.82) is 0 Å². The molecule has 19 heavy (non-hydrogen) atoms. The summed E-state index contributed by atoms with van der Waals surface area (Å²) < 4.78 is 1.40. The standard InChI is InChI=1S/C11H19N5O3/c1-6-8-9(16(18)19)10(15(5)13-8)12-7(2)11(17)14(3)4/h7,12H,6H2,1-5H3. The van der Waals surface area contributed by atoms with E-state index in [2.05, 4.69) is 10.4 Å². The quantitative estimate of drug-likeness (QED) is 0.629. The average molecular weight is 269 g/mol. The third-order valence-corrected chi connectivity index (χ3v) is 2.77. The van der Waals surface area contributed by atoms with Gasteiger partial charge in [-0.2, -0.15) is 5.10 Å². The fourth-order valence-electron chi connectivity index (χ4n) is 1.81. The van der Waals surface area contributed by atoms with Crippen LogP contribution in [0, 0.1) is 10.1 Å². The van der Waals surface area contributed by atoms with Gasteiger partial charge in [0.15, 0.2) is 0 Å². The van der Waals surface area contributed by atoms with E-state index in [1.165, 1.54) is 9.58 Å².